The molecule has 0 aliphatic carbocycles. The maximum atomic E-state index is 9.76. The third kappa shape index (κ3) is 5.22. The Labute approximate surface area is 213 Å². The molecule has 0 unspecified atom stereocenters. The van der Waals surface area contributed by atoms with Gasteiger partial charge in [0.1, 0.15) is 6.61 Å². The monoisotopic (exact) mass is 485 g/mol. The number of aliphatic hydroxyl groups is 1. The van der Waals surface area contributed by atoms with Crippen molar-refractivity contribution in [3.63, 3.8) is 0 Å². The lowest BCUT2D eigenvalue weighted by Gasteiger charge is -2.47. The van der Waals surface area contributed by atoms with Crippen molar-refractivity contribution in [3.05, 3.63) is 89.7 Å². The maximum Gasteiger partial charge on any atom is 0.234 e. The molecule has 5 rings (SSSR count). The van der Waals surface area contributed by atoms with E-state index in [1.165, 1.54) is 5.56 Å². The predicted molar refractivity (Wildman–Crippen MR) is 142 cm³/mol. The fourth-order valence-electron chi connectivity index (χ4n) is 5.13. The number of ether oxygens (including phenoxy) is 1. The summed E-state index contributed by atoms with van der Waals surface area (Å²) in [6.45, 7) is 7.68. The van der Waals surface area contributed by atoms with Gasteiger partial charge in [0.15, 0.2) is 5.65 Å². The molecule has 2 aromatic carbocycles. The number of hydrogen-bond donors (Lipinski definition) is 1. The first-order chi connectivity index (χ1) is 17.7. The minimum atomic E-state index is -0.122. The molecule has 1 N–H and O–H groups in total. The van der Waals surface area contributed by atoms with E-state index in [0.29, 0.717) is 30.3 Å². The van der Waals surface area contributed by atoms with E-state index in [9.17, 15) is 5.11 Å². The summed E-state index contributed by atoms with van der Waals surface area (Å²) >= 11 is 0. The van der Waals surface area contributed by atoms with Gasteiger partial charge in [0.05, 0.1) is 24.2 Å². The van der Waals surface area contributed by atoms with Crippen molar-refractivity contribution < 1.29 is 9.84 Å². The summed E-state index contributed by atoms with van der Waals surface area (Å²) in [5.74, 6) is 0.554. The molecule has 7 heteroatoms. The Morgan fingerprint density at radius 1 is 0.917 bits per heavy atom. The topological polar surface area (TPSA) is 66.1 Å². The van der Waals surface area contributed by atoms with E-state index >= 15 is 0 Å². The molecular weight excluding hydrogens is 450 g/mol. The van der Waals surface area contributed by atoms with E-state index in [0.717, 1.165) is 49.4 Å². The van der Waals surface area contributed by atoms with Crippen LogP contribution >= 0.6 is 0 Å². The first-order valence-corrected chi connectivity index (χ1v) is 12.9. The number of benzene rings is 2. The number of aromatic nitrogens is 3. The van der Waals surface area contributed by atoms with Crippen molar-refractivity contribution >= 4 is 11.3 Å². The van der Waals surface area contributed by atoms with E-state index in [2.05, 4.69) is 59.1 Å². The third-order valence-electron chi connectivity index (χ3n) is 7.12. The van der Waals surface area contributed by atoms with Crippen LogP contribution in [-0.2, 0) is 19.8 Å². The lowest BCUT2D eigenvalue weighted by Crippen LogP contribution is -2.58. The first kappa shape index (κ1) is 24.3. The van der Waals surface area contributed by atoms with Crippen LogP contribution in [0.1, 0.15) is 43.5 Å². The van der Waals surface area contributed by atoms with Gasteiger partial charge in [-0.3, -0.25) is 4.90 Å². The molecule has 0 amide bonds. The molecule has 2 aromatic heterocycles. The SMILES string of the molecule is CC[C@@H]1CN(c2cc(OCc3ccccc3)nn3cc(CO)nc23)[C@@H](CC)CN1Cc1ccccc1. The van der Waals surface area contributed by atoms with Gasteiger partial charge in [-0.15, -0.1) is 5.10 Å². The zero-order valence-electron chi connectivity index (χ0n) is 21.1. The molecule has 0 spiro atoms. The summed E-state index contributed by atoms with van der Waals surface area (Å²) < 4.78 is 7.89. The van der Waals surface area contributed by atoms with Crippen LogP contribution in [0.4, 0.5) is 5.69 Å². The van der Waals surface area contributed by atoms with Crippen molar-refractivity contribution in [2.24, 2.45) is 0 Å². The average molecular weight is 486 g/mol. The smallest absolute Gasteiger partial charge is 0.234 e. The van der Waals surface area contributed by atoms with Crippen LogP contribution in [0, 0.1) is 0 Å². The maximum absolute atomic E-state index is 9.76. The standard InChI is InChI=1S/C29H35N5O2/c1-3-25-19-33(26(4-2)18-32(25)16-22-11-7-5-8-12-22)27-15-28(36-21-23-13-9-6-10-14-23)31-34-17-24(20-35)30-29(27)34/h5-15,17,25-26,35H,3-4,16,18-21H2,1-2H3/t25-,26+/m1/s1. The number of nitrogens with zero attached hydrogens (tertiary/aromatic N) is 5. The van der Waals surface area contributed by atoms with Crippen LogP contribution in [0.15, 0.2) is 72.9 Å². The summed E-state index contributed by atoms with van der Waals surface area (Å²) in [6.07, 6.45) is 3.87. The van der Waals surface area contributed by atoms with Gasteiger partial charge in [-0.1, -0.05) is 74.5 Å². The summed E-state index contributed by atoms with van der Waals surface area (Å²) in [4.78, 5) is 9.82. The Kier molecular flexibility index (Phi) is 7.49. The lowest BCUT2D eigenvalue weighted by atomic mass is 10.0. The Morgan fingerprint density at radius 3 is 2.28 bits per heavy atom. The number of anilines is 1. The minimum Gasteiger partial charge on any atom is -0.472 e. The summed E-state index contributed by atoms with van der Waals surface area (Å²) in [6, 6.07) is 23.6. The molecule has 7 nitrogen and oxygen atoms in total. The number of fused-ring (bicyclic) bond motifs is 1. The highest BCUT2D eigenvalue weighted by Crippen LogP contribution is 2.32. The molecule has 1 fully saturated rings. The van der Waals surface area contributed by atoms with Gasteiger partial charge >= 0.3 is 0 Å². The molecule has 1 aliphatic heterocycles. The molecule has 4 aromatic rings. The zero-order chi connectivity index (χ0) is 24.9. The molecule has 0 saturated carbocycles. The van der Waals surface area contributed by atoms with Gasteiger partial charge in [-0.05, 0) is 24.0 Å². The number of piperazine rings is 1. The van der Waals surface area contributed by atoms with E-state index in [-0.39, 0.29) is 6.61 Å². The van der Waals surface area contributed by atoms with Crippen molar-refractivity contribution in [1.82, 2.24) is 19.5 Å². The fourth-order valence-corrected chi connectivity index (χ4v) is 5.13. The molecule has 0 radical (unpaired) electrons. The normalized spacial score (nSPS) is 18.6. The van der Waals surface area contributed by atoms with Crippen LogP contribution < -0.4 is 9.64 Å². The second-order valence-electron chi connectivity index (χ2n) is 9.49. The zero-order valence-corrected chi connectivity index (χ0v) is 21.1. The van der Waals surface area contributed by atoms with Crippen LogP contribution in [0.2, 0.25) is 0 Å². The molecule has 188 valence electrons. The molecular formula is C29H35N5O2. The Balaban J connectivity index is 1.46. The Bertz CT molecular complexity index is 1260. The Hall–Kier alpha value is -3.42. The Morgan fingerprint density at radius 2 is 1.61 bits per heavy atom. The lowest BCUT2D eigenvalue weighted by molar-refractivity contribution is 0.136. The average Bonchev–Trinajstić information content (AvgIpc) is 3.36. The molecule has 1 aliphatic rings. The van der Waals surface area contributed by atoms with Gasteiger partial charge in [0, 0.05) is 37.8 Å². The van der Waals surface area contributed by atoms with E-state index in [1.54, 1.807) is 10.7 Å². The predicted octanol–water partition coefficient (Wildman–Crippen LogP) is 4.68. The molecule has 1 saturated heterocycles. The quantitative estimate of drug-likeness (QED) is 0.371. The van der Waals surface area contributed by atoms with E-state index in [1.807, 2.05) is 36.4 Å². The van der Waals surface area contributed by atoms with Crippen molar-refractivity contribution in [2.45, 2.75) is 58.5 Å². The van der Waals surface area contributed by atoms with Crippen molar-refractivity contribution in [3.8, 4) is 5.88 Å². The summed E-state index contributed by atoms with van der Waals surface area (Å²) in [5.41, 5.74) is 4.82. The van der Waals surface area contributed by atoms with E-state index < -0.39 is 0 Å². The van der Waals surface area contributed by atoms with Gasteiger partial charge in [0.2, 0.25) is 5.88 Å². The van der Waals surface area contributed by atoms with Crippen LogP contribution in [-0.4, -0.2) is 49.8 Å². The molecule has 36 heavy (non-hydrogen) atoms. The fraction of sp³-hybridized carbons (Fsp3) is 0.379. The van der Waals surface area contributed by atoms with Gasteiger partial charge < -0.3 is 14.7 Å². The molecule has 0 bridgehead atoms. The number of aliphatic hydroxyl groups excluding tert-OH is 1. The van der Waals surface area contributed by atoms with E-state index in [4.69, 9.17) is 9.72 Å². The highest BCUT2D eigenvalue weighted by Gasteiger charge is 2.34. The largest absolute Gasteiger partial charge is 0.472 e. The van der Waals surface area contributed by atoms with Crippen LogP contribution in [0.5, 0.6) is 5.88 Å². The van der Waals surface area contributed by atoms with Gasteiger partial charge in [-0.25, -0.2) is 9.50 Å². The number of imidazole rings is 1. The van der Waals surface area contributed by atoms with Gasteiger partial charge in [0.25, 0.3) is 0 Å². The first-order valence-electron chi connectivity index (χ1n) is 12.9. The van der Waals surface area contributed by atoms with Crippen molar-refractivity contribution in [2.75, 3.05) is 18.0 Å². The second-order valence-corrected chi connectivity index (χ2v) is 9.49. The second kappa shape index (κ2) is 11.1. The van der Waals surface area contributed by atoms with Gasteiger partial charge in [-0.2, -0.15) is 0 Å². The molecule has 3 heterocycles. The number of rotatable bonds is 9. The minimum absolute atomic E-state index is 0.122. The van der Waals surface area contributed by atoms with Crippen LogP contribution in [0.3, 0.4) is 0 Å². The van der Waals surface area contributed by atoms with Crippen molar-refractivity contribution in [1.29, 1.82) is 0 Å². The number of hydrogen-bond acceptors (Lipinski definition) is 6. The molecule has 2 atom stereocenters. The van der Waals surface area contributed by atoms with Crippen LogP contribution in [0.25, 0.3) is 5.65 Å². The summed E-state index contributed by atoms with van der Waals surface area (Å²) in [5, 5.41) is 14.4. The summed E-state index contributed by atoms with van der Waals surface area (Å²) in [7, 11) is 0. The third-order valence-corrected chi connectivity index (χ3v) is 7.12. The highest BCUT2D eigenvalue weighted by atomic mass is 16.5. The highest BCUT2D eigenvalue weighted by molar-refractivity contribution is 5.71.